The summed E-state index contributed by atoms with van der Waals surface area (Å²) in [5.74, 6) is 0. The van der Waals surface area contributed by atoms with E-state index in [1.54, 1.807) is 11.9 Å². The van der Waals surface area contributed by atoms with Crippen molar-refractivity contribution in [1.82, 2.24) is 4.90 Å². The molecule has 0 aliphatic carbocycles. The Hall–Kier alpha value is -1.23. The predicted molar refractivity (Wildman–Crippen MR) is 65.9 cm³/mol. The highest BCUT2D eigenvalue weighted by Crippen LogP contribution is 2.18. The topological polar surface area (TPSA) is 3.24 Å². The van der Waals surface area contributed by atoms with Gasteiger partial charge in [-0.15, -0.1) is 12.1 Å². The molecule has 0 radical (unpaired) electrons. The highest BCUT2D eigenvalue weighted by atomic mass is 19.4. The van der Waals surface area contributed by atoms with Crippen LogP contribution >= 0.6 is 0 Å². The van der Waals surface area contributed by atoms with E-state index in [4.69, 9.17) is 0 Å². The summed E-state index contributed by atoms with van der Waals surface area (Å²) in [6, 6.07) is 9.70. The van der Waals surface area contributed by atoms with E-state index in [2.05, 4.69) is 6.58 Å². The minimum absolute atomic E-state index is 0.115. The molecule has 1 aromatic carbocycles. The van der Waals surface area contributed by atoms with Gasteiger partial charge in [0.25, 0.3) is 0 Å². The Labute approximate surface area is 100.0 Å². The third-order valence-electron chi connectivity index (χ3n) is 2.56. The summed E-state index contributed by atoms with van der Waals surface area (Å²) in [6.45, 7) is -1.35. The van der Waals surface area contributed by atoms with Crippen LogP contribution in [-0.2, 0) is 6.42 Å². The van der Waals surface area contributed by atoms with E-state index in [1.165, 1.54) is 0 Å². The van der Waals surface area contributed by atoms with Crippen molar-refractivity contribution >= 4 is 6.98 Å². The molecular formula is C12H16BF3N-. The van der Waals surface area contributed by atoms with Crippen molar-refractivity contribution in [3.8, 4) is 0 Å². The van der Waals surface area contributed by atoms with Crippen molar-refractivity contribution in [3.05, 3.63) is 47.9 Å². The van der Waals surface area contributed by atoms with Gasteiger partial charge < -0.3 is 17.8 Å². The summed E-state index contributed by atoms with van der Waals surface area (Å²) in [5, 5.41) is 0. The summed E-state index contributed by atoms with van der Waals surface area (Å²) in [6.07, 6.45) is 0.746. The Kier molecular flexibility index (Phi) is 4.81. The van der Waals surface area contributed by atoms with Gasteiger partial charge in [-0.3, -0.25) is 0 Å². The summed E-state index contributed by atoms with van der Waals surface area (Å²) in [5.41, 5.74) is 0.489. The molecule has 94 valence electrons. The lowest BCUT2D eigenvalue weighted by molar-refractivity contribution is 0.361. The van der Waals surface area contributed by atoms with Gasteiger partial charge in [0.15, 0.2) is 0 Å². The van der Waals surface area contributed by atoms with Gasteiger partial charge in [0.1, 0.15) is 0 Å². The molecule has 5 heteroatoms. The number of hydrogen-bond acceptors (Lipinski definition) is 1. The second-order valence-corrected chi connectivity index (χ2v) is 4.21. The highest BCUT2D eigenvalue weighted by Gasteiger charge is 2.26. The van der Waals surface area contributed by atoms with Crippen LogP contribution in [0.3, 0.4) is 0 Å². The fraction of sp³-hybridized carbons (Fsp3) is 0.333. The molecule has 0 aliphatic rings. The lowest BCUT2D eigenvalue weighted by Crippen LogP contribution is -2.31. The minimum atomic E-state index is -4.91. The van der Waals surface area contributed by atoms with E-state index in [0.29, 0.717) is 6.54 Å². The molecule has 0 amide bonds. The quantitative estimate of drug-likeness (QED) is 0.693. The van der Waals surface area contributed by atoms with Gasteiger partial charge in [0, 0.05) is 6.54 Å². The maximum Gasteiger partial charge on any atom is 0.506 e. The number of rotatable bonds is 6. The van der Waals surface area contributed by atoms with Crippen LogP contribution in [0.2, 0.25) is 0 Å². The number of benzene rings is 1. The van der Waals surface area contributed by atoms with E-state index in [-0.39, 0.29) is 6.54 Å². The van der Waals surface area contributed by atoms with E-state index in [0.717, 1.165) is 12.0 Å². The standard InChI is InChI=1S/C12H16BF3N/c1-11(13(14,15)16)10-17(2)9-8-12-6-4-3-5-7-12/h3-7H,1,8-10H2,2H3/q-1. The summed E-state index contributed by atoms with van der Waals surface area (Å²) < 4.78 is 36.9. The largest absolute Gasteiger partial charge is 0.506 e. The van der Waals surface area contributed by atoms with E-state index in [1.807, 2.05) is 30.3 Å². The Morgan fingerprint density at radius 1 is 1.24 bits per heavy atom. The van der Waals surface area contributed by atoms with Crippen molar-refractivity contribution < 1.29 is 12.9 Å². The number of nitrogens with zero attached hydrogens (tertiary/aromatic N) is 1. The molecule has 1 aromatic rings. The van der Waals surface area contributed by atoms with Crippen LogP contribution in [0.25, 0.3) is 0 Å². The zero-order valence-electron chi connectivity index (χ0n) is 9.87. The number of halogens is 3. The molecule has 1 rings (SSSR count). The third-order valence-corrected chi connectivity index (χ3v) is 2.56. The molecule has 0 unspecified atom stereocenters. The summed E-state index contributed by atoms with van der Waals surface area (Å²) in [4.78, 5) is 1.64. The number of likely N-dealkylation sites (N-methyl/N-ethyl adjacent to an activating group) is 1. The fourth-order valence-electron chi connectivity index (χ4n) is 1.49. The van der Waals surface area contributed by atoms with E-state index >= 15 is 0 Å². The first-order chi connectivity index (χ1) is 7.89. The first-order valence-corrected chi connectivity index (χ1v) is 5.49. The minimum Gasteiger partial charge on any atom is -0.445 e. The SMILES string of the molecule is C=C(CN(C)CCc1ccccc1)[B-](F)(F)F. The maximum absolute atomic E-state index is 12.3. The molecular weight excluding hydrogens is 226 g/mol. The molecule has 1 nitrogen and oxygen atoms in total. The van der Waals surface area contributed by atoms with Gasteiger partial charge >= 0.3 is 6.98 Å². The Morgan fingerprint density at radius 2 is 1.82 bits per heavy atom. The van der Waals surface area contributed by atoms with Crippen LogP contribution in [0.4, 0.5) is 12.9 Å². The van der Waals surface area contributed by atoms with Crippen LogP contribution in [0.15, 0.2) is 42.4 Å². The van der Waals surface area contributed by atoms with E-state index < -0.39 is 12.4 Å². The van der Waals surface area contributed by atoms with Crippen molar-refractivity contribution in [1.29, 1.82) is 0 Å². The number of hydrogen-bond donors (Lipinski definition) is 0. The fourth-order valence-corrected chi connectivity index (χ4v) is 1.49. The molecule has 0 spiro atoms. The molecule has 0 aliphatic heterocycles. The molecule has 0 saturated heterocycles. The maximum atomic E-state index is 12.3. The van der Waals surface area contributed by atoms with Gasteiger partial charge in [-0.1, -0.05) is 30.3 Å². The van der Waals surface area contributed by atoms with E-state index in [9.17, 15) is 12.9 Å². The van der Waals surface area contributed by atoms with Gasteiger partial charge in [-0.25, -0.2) is 0 Å². The van der Waals surface area contributed by atoms with Crippen LogP contribution < -0.4 is 0 Å². The Balaban J connectivity index is 2.36. The van der Waals surface area contributed by atoms with Gasteiger partial charge in [0.2, 0.25) is 0 Å². The smallest absolute Gasteiger partial charge is 0.445 e. The molecule has 0 aromatic heterocycles. The predicted octanol–water partition coefficient (Wildman–Crippen LogP) is 3.10. The van der Waals surface area contributed by atoms with Gasteiger partial charge in [-0.2, -0.15) is 0 Å². The van der Waals surface area contributed by atoms with Crippen LogP contribution in [-0.4, -0.2) is 32.0 Å². The summed E-state index contributed by atoms with van der Waals surface area (Å²) in [7, 11) is 1.68. The first kappa shape index (κ1) is 13.8. The summed E-state index contributed by atoms with van der Waals surface area (Å²) >= 11 is 0. The normalized spacial score (nSPS) is 11.8. The Morgan fingerprint density at radius 3 is 2.35 bits per heavy atom. The van der Waals surface area contributed by atoms with Gasteiger partial charge in [-0.05, 0) is 25.6 Å². The van der Waals surface area contributed by atoms with Crippen molar-refractivity contribution in [2.75, 3.05) is 20.1 Å². The van der Waals surface area contributed by atoms with Crippen LogP contribution in [0.1, 0.15) is 5.56 Å². The van der Waals surface area contributed by atoms with Crippen molar-refractivity contribution in [2.45, 2.75) is 6.42 Å². The molecule has 0 N–H and O–H groups in total. The van der Waals surface area contributed by atoms with Crippen molar-refractivity contribution in [2.24, 2.45) is 0 Å². The average molecular weight is 242 g/mol. The van der Waals surface area contributed by atoms with Crippen molar-refractivity contribution in [3.63, 3.8) is 0 Å². The molecule has 0 saturated carbocycles. The van der Waals surface area contributed by atoms with Gasteiger partial charge in [0.05, 0.1) is 0 Å². The highest BCUT2D eigenvalue weighted by molar-refractivity contribution is 6.66. The second-order valence-electron chi connectivity index (χ2n) is 4.21. The third kappa shape index (κ3) is 5.09. The van der Waals surface area contributed by atoms with Crippen LogP contribution in [0, 0.1) is 0 Å². The molecule has 0 heterocycles. The molecule has 0 bridgehead atoms. The lowest BCUT2D eigenvalue weighted by Gasteiger charge is -2.24. The molecule has 0 fully saturated rings. The average Bonchev–Trinajstić information content (AvgIpc) is 2.26. The zero-order chi connectivity index (χ0) is 12.9. The second kappa shape index (κ2) is 5.91. The molecule has 17 heavy (non-hydrogen) atoms. The zero-order valence-corrected chi connectivity index (χ0v) is 9.87. The van der Waals surface area contributed by atoms with Crippen LogP contribution in [0.5, 0.6) is 0 Å². The lowest BCUT2D eigenvalue weighted by atomic mass is 9.80. The Bertz CT molecular complexity index is 362. The monoisotopic (exact) mass is 242 g/mol. The molecule has 0 atom stereocenters. The first-order valence-electron chi connectivity index (χ1n) is 5.49.